The molecule has 6 heteroatoms. The Morgan fingerprint density at radius 3 is 2.44 bits per heavy atom. The van der Waals surface area contributed by atoms with Crippen LogP contribution in [0, 0.1) is 13.8 Å². The van der Waals surface area contributed by atoms with Crippen LogP contribution in [0.4, 0.5) is 10.5 Å². The number of anilines is 1. The molecular formula is C12H21N5O. The van der Waals surface area contributed by atoms with E-state index in [2.05, 4.69) is 17.3 Å². The highest BCUT2D eigenvalue weighted by Crippen LogP contribution is 2.22. The summed E-state index contributed by atoms with van der Waals surface area (Å²) in [6.07, 6.45) is 1.85. The molecule has 3 N–H and O–H groups in total. The van der Waals surface area contributed by atoms with Crippen molar-refractivity contribution in [3.63, 3.8) is 0 Å². The van der Waals surface area contributed by atoms with Gasteiger partial charge in [0.1, 0.15) is 0 Å². The SMILES string of the molecule is Cc1nn(C)c(C)c1NC1CCN(C(N)=O)CC1. The third-order valence-electron chi connectivity index (χ3n) is 3.66. The first-order chi connectivity index (χ1) is 8.49. The van der Waals surface area contributed by atoms with E-state index >= 15 is 0 Å². The van der Waals surface area contributed by atoms with Crippen molar-refractivity contribution in [2.24, 2.45) is 12.8 Å². The third kappa shape index (κ3) is 2.42. The maximum atomic E-state index is 11.0. The Bertz CT molecular complexity index is 446. The second-order valence-electron chi connectivity index (χ2n) is 4.91. The first-order valence-electron chi connectivity index (χ1n) is 6.30. The number of carbonyl (C=O) groups excluding carboxylic acids is 1. The number of hydrogen-bond acceptors (Lipinski definition) is 3. The van der Waals surface area contributed by atoms with E-state index in [1.165, 1.54) is 0 Å². The number of nitrogens with zero attached hydrogens (tertiary/aromatic N) is 3. The maximum absolute atomic E-state index is 11.0. The number of carbonyl (C=O) groups is 1. The fourth-order valence-corrected chi connectivity index (χ4v) is 2.43. The van der Waals surface area contributed by atoms with Gasteiger partial charge in [0.25, 0.3) is 0 Å². The van der Waals surface area contributed by atoms with E-state index in [1.54, 1.807) is 4.90 Å². The molecule has 0 atom stereocenters. The van der Waals surface area contributed by atoms with Crippen molar-refractivity contribution in [2.45, 2.75) is 32.7 Å². The summed E-state index contributed by atoms with van der Waals surface area (Å²) < 4.78 is 1.89. The fourth-order valence-electron chi connectivity index (χ4n) is 2.43. The summed E-state index contributed by atoms with van der Waals surface area (Å²) in [6, 6.07) is 0.0735. The zero-order chi connectivity index (χ0) is 13.3. The molecule has 0 spiro atoms. The summed E-state index contributed by atoms with van der Waals surface area (Å²) in [5.41, 5.74) is 8.55. The number of piperidine rings is 1. The number of aryl methyl sites for hydroxylation is 2. The van der Waals surface area contributed by atoms with Crippen LogP contribution in [0.25, 0.3) is 0 Å². The number of nitrogens with two attached hydrogens (primary N) is 1. The second-order valence-corrected chi connectivity index (χ2v) is 4.91. The number of urea groups is 1. The minimum absolute atomic E-state index is 0.317. The van der Waals surface area contributed by atoms with Crippen LogP contribution in [0.15, 0.2) is 0 Å². The predicted octanol–water partition coefficient (Wildman–Crippen LogP) is 0.992. The van der Waals surface area contributed by atoms with Crippen molar-refractivity contribution in [1.29, 1.82) is 0 Å². The van der Waals surface area contributed by atoms with Crippen molar-refractivity contribution in [2.75, 3.05) is 18.4 Å². The number of likely N-dealkylation sites (tertiary alicyclic amines) is 1. The topological polar surface area (TPSA) is 76.2 Å². The van der Waals surface area contributed by atoms with Crippen LogP contribution in [0.3, 0.4) is 0 Å². The highest BCUT2D eigenvalue weighted by Gasteiger charge is 2.22. The fraction of sp³-hybridized carbons (Fsp3) is 0.667. The molecule has 0 bridgehead atoms. The molecule has 1 aliphatic rings. The minimum atomic E-state index is -0.317. The van der Waals surface area contributed by atoms with Crippen molar-refractivity contribution < 1.29 is 4.79 Å². The number of hydrogen-bond donors (Lipinski definition) is 2. The van der Waals surface area contributed by atoms with Gasteiger partial charge in [0.2, 0.25) is 0 Å². The molecule has 2 rings (SSSR count). The molecule has 1 aromatic rings. The molecule has 0 aromatic carbocycles. The van der Waals surface area contributed by atoms with Crippen LogP contribution in [0.1, 0.15) is 24.2 Å². The zero-order valence-electron chi connectivity index (χ0n) is 11.2. The smallest absolute Gasteiger partial charge is 0.314 e. The molecule has 1 aliphatic heterocycles. The Kier molecular flexibility index (Phi) is 3.45. The van der Waals surface area contributed by atoms with E-state index in [-0.39, 0.29) is 6.03 Å². The van der Waals surface area contributed by atoms with Crippen molar-refractivity contribution in [1.82, 2.24) is 14.7 Å². The summed E-state index contributed by atoms with van der Waals surface area (Å²) in [5, 5.41) is 7.92. The number of amides is 2. The van der Waals surface area contributed by atoms with E-state index < -0.39 is 0 Å². The van der Waals surface area contributed by atoms with E-state index in [0.717, 1.165) is 43.0 Å². The van der Waals surface area contributed by atoms with Crippen molar-refractivity contribution in [3.05, 3.63) is 11.4 Å². The molecule has 0 radical (unpaired) electrons. The first-order valence-corrected chi connectivity index (χ1v) is 6.30. The van der Waals surface area contributed by atoms with Gasteiger partial charge in [-0.1, -0.05) is 0 Å². The van der Waals surface area contributed by atoms with Gasteiger partial charge in [-0.2, -0.15) is 5.10 Å². The molecule has 6 nitrogen and oxygen atoms in total. The van der Waals surface area contributed by atoms with Gasteiger partial charge in [0.15, 0.2) is 0 Å². The highest BCUT2D eigenvalue weighted by molar-refractivity contribution is 5.72. The molecule has 1 fully saturated rings. The van der Waals surface area contributed by atoms with Crippen molar-refractivity contribution >= 4 is 11.7 Å². The van der Waals surface area contributed by atoms with Gasteiger partial charge in [-0.3, -0.25) is 4.68 Å². The lowest BCUT2D eigenvalue weighted by molar-refractivity contribution is 0.193. The highest BCUT2D eigenvalue weighted by atomic mass is 16.2. The molecule has 2 heterocycles. The third-order valence-corrected chi connectivity index (χ3v) is 3.66. The molecule has 100 valence electrons. The second kappa shape index (κ2) is 4.88. The van der Waals surface area contributed by atoms with E-state index in [0.29, 0.717) is 6.04 Å². The Morgan fingerprint density at radius 1 is 1.39 bits per heavy atom. The van der Waals surface area contributed by atoms with E-state index in [1.807, 2.05) is 18.7 Å². The van der Waals surface area contributed by atoms with Gasteiger partial charge in [0, 0.05) is 26.2 Å². The van der Waals surface area contributed by atoms with Gasteiger partial charge >= 0.3 is 6.03 Å². The molecule has 2 amide bonds. The number of nitrogens with one attached hydrogen (secondary N) is 1. The van der Waals surface area contributed by atoms with Crippen LogP contribution in [0.2, 0.25) is 0 Å². The lowest BCUT2D eigenvalue weighted by Gasteiger charge is -2.31. The Morgan fingerprint density at radius 2 is 2.00 bits per heavy atom. The summed E-state index contributed by atoms with van der Waals surface area (Å²) in [5.74, 6) is 0. The Hall–Kier alpha value is -1.72. The molecule has 1 saturated heterocycles. The van der Waals surface area contributed by atoms with Gasteiger partial charge < -0.3 is 16.0 Å². The average Bonchev–Trinajstić information content (AvgIpc) is 2.57. The molecule has 0 unspecified atom stereocenters. The van der Waals surface area contributed by atoms with Crippen molar-refractivity contribution in [3.8, 4) is 0 Å². The van der Waals surface area contributed by atoms with Gasteiger partial charge in [-0.05, 0) is 26.7 Å². The van der Waals surface area contributed by atoms with Gasteiger partial charge in [-0.25, -0.2) is 4.79 Å². The van der Waals surface area contributed by atoms with Gasteiger partial charge in [0.05, 0.1) is 17.1 Å². The van der Waals surface area contributed by atoms with Crippen LogP contribution in [-0.2, 0) is 7.05 Å². The van der Waals surface area contributed by atoms with E-state index in [9.17, 15) is 4.79 Å². The summed E-state index contributed by atoms with van der Waals surface area (Å²) in [4.78, 5) is 12.7. The number of rotatable bonds is 2. The van der Waals surface area contributed by atoms with E-state index in [4.69, 9.17) is 5.73 Å². The van der Waals surface area contributed by atoms with Gasteiger partial charge in [-0.15, -0.1) is 0 Å². The lowest BCUT2D eigenvalue weighted by atomic mass is 10.0. The van der Waals surface area contributed by atoms with Crippen LogP contribution in [-0.4, -0.2) is 39.8 Å². The summed E-state index contributed by atoms with van der Waals surface area (Å²) in [6.45, 7) is 5.52. The summed E-state index contributed by atoms with van der Waals surface area (Å²) in [7, 11) is 1.95. The quantitative estimate of drug-likeness (QED) is 0.823. The average molecular weight is 251 g/mol. The number of primary amides is 1. The maximum Gasteiger partial charge on any atom is 0.314 e. The standard InChI is InChI=1S/C12H21N5O/c1-8-11(9(2)16(3)15-8)14-10-4-6-17(7-5-10)12(13)18/h10,14H,4-7H2,1-3H3,(H2,13,18). The Labute approximate surface area is 107 Å². The minimum Gasteiger partial charge on any atom is -0.379 e. The first kappa shape index (κ1) is 12.7. The monoisotopic (exact) mass is 251 g/mol. The molecule has 0 aliphatic carbocycles. The molecular weight excluding hydrogens is 230 g/mol. The zero-order valence-corrected chi connectivity index (χ0v) is 11.2. The largest absolute Gasteiger partial charge is 0.379 e. The molecule has 18 heavy (non-hydrogen) atoms. The lowest BCUT2D eigenvalue weighted by Crippen LogP contribution is -2.44. The predicted molar refractivity (Wildman–Crippen MR) is 70.5 cm³/mol. The number of aromatic nitrogens is 2. The normalized spacial score (nSPS) is 16.9. The van der Waals surface area contributed by atoms with Crippen LogP contribution in [0.5, 0.6) is 0 Å². The molecule has 0 saturated carbocycles. The summed E-state index contributed by atoms with van der Waals surface area (Å²) >= 11 is 0. The van der Waals surface area contributed by atoms with Crippen LogP contribution >= 0.6 is 0 Å². The Balaban J connectivity index is 1.97. The molecule has 1 aromatic heterocycles. The van der Waals surface area contributed by atoms with Crippen LogP contribution < -0.4 is 11.1 Å².